The van der Waals surface area contributed by atoms with Crippen LogP contribution in [0, 0.1) is 0 Å². The molecule has 1 saturated heterocycles. The van der Waals surface area contributed by atoms with Gasteiger partial charge in [0.05, 0.1) is 6.10 Å². The Morgan fingerprint density at radius 3 is 3.14 bits per heavy atom. The molecule has 0 aliphatic carbocycles. The maximum absolute atomic E-state index is 12.6. The number of pyridine rings is 1. The summed E-state index contributed by atoms with van der Waals surface area (Å²) in [4.78, 5) is 25.9. The Morgan fingerprint density at radius 2 is 2.33 bits per heavy atom. The van der Waals surface area contributed by atoms with E-state index in [-0.39, 0.29) is 12.0 Å². The van der Waals surface area contributed by atoms with E-state index in [0.29, 0.717) is 30.2 Å². The summed E-state index contributed by atoms with van der Waals surface area (Å²) in [5.41, 5.74) is 1.30. The number of H-pyrrole nitrogens is 1. The molecule has 0 radical (unpaired) electrons. The standard InChI is InChI=1S/C15H18N4O2/c1-11-10-19(7-2-8-21-11)15(20)12-3-4-16-13(9-12)14-17-5-6-18-14/h3-6,9,11H,2,7-8,10H2,1H3,(H,17,18). The molecule has 1 aliphatic rings. The number of aromatic nitrogens is 3. The van der Waals surface area contributed by atoms with Gasteiger partial charge in [-0.1, -0.05) is 0 Å². The Bertz CT molecular complexity index is 612. The van der Waals surface area contributed by atoms with Crippen LogP contribution >= 0.6 is 0 Å². The average molecular weight is 286 g/mol. The van der Waals surface area contributed by atoms with Gasteiger partial charge in [0.1, 0.15) is 5.69 Å². The van der Waals surface area contributed by atoms with Gasteiger partial charge < -0.3 is 14.6 Å². The van der Waals surface area contributed by atoms with Crippen LogP contribution in [0.15, 0.2) is 30.7 Å². The van der Waals surface area contributed by atoms with Gasteiger partial charge in [-0.2, -0.15) is 0 Å². The molecule has 0 aromatic carbocycles. The number of hydrogen-bond acceptors (Lipinski definition) is 4. The molecule has 0 spiro atoms. The third-order valence-electron chi connectivity index (χ3n) is 3.49. The highest BCUT2D eigenvalue weighted by Gasteiger charge is 2.21. The molecule has 1 atom stereocenters. The fraction of sp³-hybridized carbons (Fsp3) is 0.400. The van der Waals surface area contributed by atoms with Gasteiger partial charge in [0.15, 0.2) is 5.82 Å². The zero-order valence-corrected chi connectivity index (χ0v) is 12.0. The van der Waals surface area contributed by atoms with Crippen LogP contribution in [0.5, 0.6) is 0 Å². The minimum absolute atomic E-state index is 0.0163. The zero-order chi connectivity index (χ0) is 14.7. The second-order valence-corrected chi connectivity index (χ2v) is 5.15. The lowest BCUT2D eigenvalue weighted by molar-refractivity contribution is 0.0562. The van der Waals surface area contributed by atoms with E-state index in [4.69, 9.17) is 4.74 Å². The molecular formula is C15H18N4O2. The van der Waals surface area contributed by atoms with Crippen molar-refractivity contribution in [1.29, 1.82) is 0 Å². The molecule has 1 amide bonds. The van der Waals surface area contributed by atoms with Crippen LogP contribution in [0.1, 0.15) is 23.7 Å². The number of nitrogens with one attached hydrogen (secondary N) is 1. The predicted molar refractivity (Wildman–Crippen MR) is 77.8 cm³/mol. The topological polar surface area (TPSA) is 71.1 Å². The molecule has 1 unspecified atom stereocenters. The fourth-order valence-electron chi connectivity index (χ4n) is 2.46. The summed E-state index contributed by atoms with van der Waals surface area (Å²) in [6.45, 7) is 4.05. The highest BCUT2D eigenvalue weighted by Crippen LogP contribution is 2.16. The Hall–Kier alpha value is -2.21. The lowest BCUT2D eigenvalue weighted by atomic mass is 10.2. The van der Waals surface area contributed by atoms with Gasteiger partial charge in [-0.3, -0.25) is 9.78 Å². The molecule has 1 aliphatic heterocycles. The Labute approximate surface area is 123 Å². The first-order valence-corrected chi connectivity index (χ1v) is 7.11. The summed E-state index contributed by atoms with van der Waals surface area (Å²) >= 11 is 0. The summed E-state index contributed by atoms with van der Waals surface area (Å²) in [6.07, 6.45) is 5.98. The fourth-order valence-corrected chi connectivity index (χ4v) is 2.46. The normalized spacial score (nSPS) is 19.3. The van der Waals surface area contributed by atoms with Gasteiger partial charge in [-0.15, -0.1) is 0 Å². The van der Waals surface area contributed by atoms with E-state index < -0.39 is 0 Å². The largest absolute Gasteiger partial charge is 0.377 e. The van der Waals surface area contributed by atoms with E-state index in [1.165, 1.54) is 0 Å². The molecule has 1 fully saturated rings. The van der Waals surface area contributed by atoms with Crippen molar-refractivity contribution in [1.82, 2.24) is 19.9 Å². The number of ether oxygens (including phenoxy) is 1. The number of hydrogen-bond donors (Lipinski definition) is 1. The minimum atomic E-state index is 0.0163. The highest BCUT2D eigenvalue weighted by atomic mass is 16.5. The molecule has 0 bridgehead atoms. The molecule has 0 saturated carbocycles. The Kier molecular flexibility index (Phi) is 3.96. The van der Waals surface area contributed by atoms with Crippen molar-refractivity contribution in [3.05, 3.63) is 36.3 Å². The third kappa shape index (κ3) is 3.11. The first-order valence-electron chi connectivity index (χ1n) is 7.11. The van der Waals surface area contributed by atoms with Gasteiger partial charge in [-0.25, -0.2) is 4.98 Å². The number of amides is 1. The molecule has 6 heteroatoms. The lowest BCUT2D eigenvalue weighted by Crippen LogP contribution is -2.35. The summed E-state index contributed by atoms with van der Waals surface area (Å²) in [5, 5.41) is 0. The lowest BCUT2D eigenvalue weighted by Gasteiger charge is -2.22. The second kappa shape index (κ2) is 6.05. The number of carbonyl (C=O) groups excluding carboxylic acids is 1. The molecule has 6 nitrogen and oxygen atoms in total. The number of imidazole rings is 1. The number of nitrogens with zero attached hydrogens (tertiary/aromatic N) is 3. The van der Waals surface area contributed by atoms with Crippen molar-refractivity contribution in [2.45, 2.75) is 19.4 Å². The van der Waals surface area contributed by atoms with Crippen LogP contribution in [0.25, 0.3) is 11.5 Å². The van der Waals surface area contributed by atoms with Crippen molar-refractivity contribution >= 4 is 5.91 Å². The van der Waals surface area contributed by atoms with Crippen molar-refractivity contribution in [2.75, 3.05) is 19.7 Å². The van der Waals surface area contributed by atoms with E-state index in [1.54, 1.807) is 30.7 Å². The Morgan fingerprint density at radius 1 is 1.43 bits per heavy atom. The molecule has 21 heavy (non-hydrogen) atoms. The van der Waals surface area contributed by atoms with Gasteiger partial charge in [-0.05, 0) is 25.5 Å². The van der Waals surface area contributed by atoms with E-state index >= 15 is 0 Å². The van der Waals surface area contributed by atoms with Gasteiger partial charge in [0.2, 0.25) is 0 Å². The van der Waals surface area contributed by atoms with E-state index in [2.05, 4.69) is 15.0 Å². The van der Waals surface area contributed by atoms with E-state index in [9.17, 15) is 4.79 Å². The average Bonchev–Trinajstić information content (AvgIpc) is 2.96. The summed E-state index contributed by atoms with van der Waals surface area (Å²) in [5.74, 6) is 0.680. The maximum atomic E-state index is 12.6. The van der Waals surface area contributed by atoms with Crippen LogP contribution in [0.2, 0.25) is 0 Å². The molecule has 3 rings (SSSR count). The molecule has 2 aromatic rings. The van der Waals surface area contributed by atoms with Crippen LogP contribution in [-0.2, 0) is 4.74 Å². The van der Waals surface area contributed by atoms with Gasteiger partial charge in [0, 0.05) is 43.9 Å². The number of carbonyl (C=O) groups is 1. The van der Waals surface area contributed by atoms with Crippen molar-refractivity contribution in [3.63, 3.8) is 0 Å². The predicted octanol–water partition coefficient (Wildman–Crippen LogP) is 1.72. The van der Waals surface area contributed by atoms with E-state index in [1.807, 2.05) is 11.8 Å². The Balaban J connectivity index is 1.82. The van der Waals surface area contributed by atoms with Gasteiger partial charge >= 0.3 is 0 Å². The smallest absolute Gasteiger partial charge is 0.254 e. The van der Waals surface area contributed by atoms with Crippen LogP contribution in [-0.4, -0.2) is 51.6 Å². The molecule has 2 aromatic heterocycles. The summed E-state index contributed by atoms with van der Waals surface area (Å²) < 4.78 is 5.58. The third-order valence-corrected chi connectivity index (χ3v) is 3.49. The van der Waals surface area contributed by atoms with E-state index in [0.717, 1.165) is 13.0 Å². The highest BCUT2D eigenvalue weighted by molar-refractivity contribution is 5.95. The minimum Gasteiger partial charge on any atom is -0.377 e. The summed E-state index contributed by atoms with van der Waals surface area (Å²) in [6, 6.07) is 3.52. The SMILES string of the molecule is CC1CN(C(=O)c2ccnc(-c3ncc[nH]3)c2)CCCO1. The van der Waals surface area contributed by atoms with Crippen LogP contribution < -0.4 is 0 Å². The maximum Gasteiger partial charge on any atom is 0.254 e. The zero-order valence-electron chi connectivity index (χ0n) is 12.0. The summed E-state index contributed by atoms with van der Waals surface area (Å²) in [7, 11) is 0. The van der Waals surface area contributed by atoms with Crippen molar-refractivity contribution in [3.8, 4) is 11.5 Å². The molecule has 3 heterocycles. The van der Waals surface area contributed by atoms with Crippen molar-refractivity contribution < 1.29 is 9.53 Å². The van der Waals surface area contributed by atoms with Crippen LogP contribution in [0.3, 0.4) is 0 Å². The molecular weight excluding hydrogens is 268 g/mol. The van der Waals surface area contributed by atoms with Gasteiger partial charge in [0.25, 0.3) is 5.91 Å². The van der Waals surface area contributed by atoms with Crippen molar-refractivity contribution in [2.24, 2.45) is 0 Å². The number of rotatable bonds is 2. The monoisotopic (exact) mass is 286 g/mol. The first kappa shape index (κ1) is 13.8. The first-order chi connectivity index (χ1) is 10.2. The number of aromatic amines is 1. The quantitative estimate of drug-likeness (QED) is 0.912. The van der Waals surface area contributed by atoms with Crippen LogP contribution in [0.4, 0.5) is 0 Å². The molecule has 110 valence electrons. The second-order valence-electron chi connectivity index (χ2n) is 5.15. The molecule has 1 N–H and O–H groups in total.